The van der Waals surface area contributed by atoms with Gasteiger partial charge in [0.15, 0.2) is 5.01 Å². The molecule has 0 atom stereocenters. The van der Waals surface area contributed by atoms with Crippen LogP contribution in [0.2, 0.25) is 0 Å². The number of thiazole rings is 1. The van der Waals surface area contributed by atoms with Crippen molar-refractivity contribution in [3.05, 3.63) is 45.2 Å². The van der Waals surface area contributed by atoms with Crippen LogP contribution in [0.3, 0.4) is 0 Å². The number of carbonyl (C=O) groups is 2. The second-order valence-corrected chi connectivity index (χ2v) is 10.1. The van der Waals surface area contributed by atoms with Gasteiger partial charge in [0.1, 0.15) is 10.6 Å². The molecule has 4 heterocycles. The van der Waals surface area contributed by atoms with Crippen LogP contribution in [0.5, 0.6) is 5.75 Å². The number of rotatable bonds is 4. The summed E-state index contributed by atoms with van der Waals surface area (Å²) in [6.45, 7) is 3.71. The lowest BCUT2D eigenvalue weighted by atomic mass is 10.1. The molecule has 1 aromatic carbocycles. The summed E-state index contributed by atoms with van der Waals surface area (Å²) in [5, 5.41) is 2.78. The number of alkyl halides is 3. The van der Waals surface area contributed by atoms with Crippen LogP contribution in [0.15, 0.2) is 29.8 Å². The van der Waals surface area contributed by atoms with E-state index in [-0.39, 0.29) is 17.9 Å². The summed E-state index contributed by atoms with van der Waals surface area (Å²) in [6, 6.07) is 3.61. The molecule has 0 saturated carbocycles. The first kappa shape index (κ1) is 23.1. The zero-order chi connectivity index (χ0) is 24.0. The van der Waals surface area contributed by atoms with Crippen molar-refractivity contribution in [1.82, 2.24) is 19.7 Å². The van der Waals surface area contributed by atoms with Crippen molar-refractivity contribution in [3.63, 3.8) is 0 Å². The molecule has 34 heavy (non-hydrogen) atoms. The number of amides is 2. The molecule has 180 valence electrons. The van der Waals surface area contributed by atoms with E-state index >= 15 is 0 Å². The van der Waals surface area contributed by atoms with Crippen LogP contribution in [0.4, 0.5) is 13.2 Å². The molecule has 3 aromatic rings. The Morgan fingerprint density at radius 1 is 1.09 bits per heavy atom. The highest BCUT2D eigenvalue weighted by Gasteiger charge is 2.39. The van der Waals surface area contributed by atoms with Crippen LogP contribution in [0, 0.1) is 0 Å². The number of piperazine rings is 1. The van der Waals surface area contributed by atoms with Crippen LogP contribution in [0.1, 0.15) is 25.0 Å². The normalized spacial score (nSPS) is 17.8. The lowest BCUT2D eigenvalue weighted by Crippen LogP contribution is -2.64. The Morgan fingerprint density at radius 2 is 1.82 bits per heavy atom. The molecule has 0 bridgehead atoms. The van der Waals surface area contributed by atoms with Gasteiger partial charge in [-0.25, -0.2) is 4.98 Å². The minimum Gasteiger partial charge on any atom is -0.494 e. The number of likely N-dealkylation sites (tertiary alicyclic amines) is 1. The third kappa shape index (κ3) is 4.14. The molecule has 2 saturated heterocycles. The predicted molar refractivity (Wildman–Crippen MR) is 123 cm³/mol. The summed E-state index contributed by atoms with van der Waals surface area (Å²) in [6.07, 6.45) is -2.83. The van der Waals surface area contributed by atoms with E-state index in [1.807, 2.05) is 0 Å². The van der Waals surface area contributed by atoms with E-state index in [1.54, 1.807) is 21.4 Å². The number of benzene rings is 1. The van der Waals surface area contributed by atoms with Crippen molar-refractivity contribution < 1.29 is 27.5 Å². The van der Waals surface area contributed by atoms with Gasteiger partial charge < -0.3 is 14.5 Å². The van der Waals surface area contributed by atoms with Crippen LogP contribution < -0.4 is 4.74 Å². The standard InChI is InChI=1S/C22H21F3N4O3S2/c1-32-17-15-3-2-13(22(23,24)25)10-16(15)34-18(17)20(30)29-11-14(12-29)27-5-7-28(8-6-27)21(31)19-26-4-9-33-19/h2-4,9-10,14H,5-8,11-12H2,1H3. The average molecular weight is 511 g/mol. The van der Waals surface area contributed by atoms with Crippen molar-refractivity contribution in [1.29, 1.82) is 0 Å². The van der Waals surface area contributed by atoms with Gasteiger partial charge in [-0.05, 0) is 18.2 Å². The highest BCUT2D eigenvalue weighted by molar-refractivity contribution is 7.21. The largest absolute Gasteiger partial charge is 0.494 e. The fourth-order valence-corrected chi connectivity index (χ4v) is 6.12. The monoisotopic (exact) mass is 510 g/mol. The summed E-state index contributed by atoms with van der Waals surface area (Å²) in [7, 11) is 1.42. The van der Waals surface area contributed by atoms with E-state index in [4.69, 9.17) is 4.74 Å². The van der Waals surface area contributed by atoms with E-state index < -0.39 is 11.7 Å². The summed E-state index contributed by atoms with van der Waals surface area (Å²) in [5.41, 5.74) is -0.751. The molecular weight excluding hydrogens is 489 g/mol. The minimum atomic E-state index is -4.45. The third-order valence-electron chi connectivity index (χ3n) is 6.25. The molecule has 0 radical (unpaired) electrons. The molecule has 0 spiro atoms. The molecule has 2 aromatic heterocycles. The van der Waals surface area contributed by atoms with Gasteiger partial charge in [-0.2, -0.15) is 13.2 Å². The molecule has 0 unspecified atom stereocenters. The van der Waals surface area contributed by atoms with E-state index in [2.05, 4.69) is 9.88 Å². The summed E-state index contributed by atoms with van der Waals surface area (Å²) >= 11 is 2.35. The topological polar surface area (TPSA) is 66.0 Å². The van der Waals surface area contributed by atoms with E-state index in [9.17, 15) is 22.8 Å². The molecule has 0 aliphatic carbocycles. The Morgan fingerprint density at radius 3 is 2.44 bits per heavy atom. The zero-order valence-electron chi connectivity index (χ0n) is 18.2. The highest BCUT2D eigenvalue weighted by atomic mass is 32.1. The highest BCUT2D eigenvalue weighted by Crippen LogP contribution is 2.42. The number of ether oxygens (including phenoxy) is 1. The number of fused-ring (bicyclic) bond motifs is 1. The van der Waals surface area contributed by atoms with Gasteiger partial charge in [-0.3, -0.25) is 14.5 Å². The smallest absolute Gasteiger partial charge is 0.416 e. The van der Waals surface area contributed by atoms with Gasteiger partial charge in [0.25, 0.3) is 11.8 Å². The Labute approximate surface area is 201 Å². The van der Waals surface area contributed by atoms with E-state index in [0.29, 0.717) is 51.9 Å². The molecule has 2 aliphatic rings. The molecular formula is C22H21F3N4O3S2. The molecule has 0 N–H and O–H groups in total. The summed E-state index contributed by atoms with van der Waals surface area (Å²) < 4.78 is 45.0. The number of aromatic nitrogens is 1. The number of thiophene rings is 1. The van der Waals surface area contributed by atoms with Gasteiger partial charge >= 0.3 is 6.18 Å². The van der Waals surface area contributed by atoms with Gasteiger partial charge in [0.05, 0.1) is 12.7 Å². The number of hydrogen-bond donors (Lipinski definition) is 0. The maximum absolute atomic E-state index is 13.1. The lowest BCUT2D eigenvalue weighted by molar-refractivity contribution is -0.137. The van der Waals surface area contributed by atoms with Crippen LogP contribution >= 0.6 is 22.7 Å². The van der Waals surface area contributed by atoms with E-state index in [1.165, 1.54) is 24.5 Å². The fourth-order valence-electron chi connectivity index (χ4n) is 4.34. The predicted octanol–water partition coefficient (Wildman–Crippen LogP) is 3.67. The van der Waals surface area contributed by atoms with Crippen LogP contribution in [-0.2, 0) is 6.18 Å². The van der Waals surface area contributed by atoms with Crippen molar-refractivity contribution >= 4 is 44.6 Å². The van der Waals surface area contributed by atoms with Crippen molar-refractivity contribution in [2.24, 2.45) is 0 Å². The second-order valence-electron chi connectivity index (χ2n) is 8.20. The Balaban J connectivity index is 1.22. The van der Waals surface area contributed by atoms with Gasteiger partial charge in [0.2, 0.25) is 0 Å². The second kappa shape index (κ2) is 8.82. The molecule has 2 aliphatic heterocycles. The van der Waals surface area contributed by atoms with Crippen LogP contribution in [-0.4, -0.2) is 83.9 Å². The Bertz CT molecular complexity index is 1210. The van der Waals surface area contributed by atoms with E-state index in [0.717, 1.165) is 36.6 Å². The maximum Gasteiger partial charge on any atom is 0.416 e. The molecule has 2 fully saturated rings. The quantitative estimate of drug-likeness (QED) is 0.536. The summed E-state index contributed by atoms with van der Waals surface area (Å²) in [5.74, 6) is 0.0301. The first-order chi connectivity index (χ1) is 16.3. The summed E-state index contributed by atoms with van der Waals surface area (Å²) in [4.78, 5) is 35.7. The number of nitrogens with zero attached hydrogens (tertiary/aromatic N) is 4. The fraction of sp³-hybridized carbons (Fsp3) is 0.409. The Hall–Kier alpha value is -2.70. The SMILES string of the molecule is COc1c(C(=O)N2CC(N3CCN(C(=O)c4nccs4)CC3)C2)sc2cc(C(F)(F)F)ccc12. The van der Waals surface area contributed by atoms with Gasteiger partial charge in [0, 0.05) is 67.0 Å². The molecule has 12 heteroatoms. The molecule has 7 nitrogen and oxygen atoms in total. The number of halogens is 3. The molecule has 2 amide bonds. The average Bonchev–Trinajstić information content (AvgIpc) is 3.45. The maximum atomic E-state index is 13.1. The van der Waals surface area contributed by atoms with Crippen molar-refractivity contribution in [2.75, 3.05) is 46.4 Å². The van der Waals surface area contributed by atoms with Crippen molar-refractivity contribution in [3.8, 4) is 5.75 Å². The lowest BCUT2D eigenvalue weighted by Gasteiger charge is -2.47. The Kier molecular flexibility index (Phi) is 5.98. The number of hydrogen-bond acceptors (Lipinski definition) is 7. The van der Waals surface area contributed by atoms with Gasteiger partial charge in [-0.15, -0.1) is 22.7 Å². The molecule has 5 rings (SSSR count). The van der Waals surface area contributed by atoms with Crippen LogP contribution in [0.25, 0.3) is 10.1 Å². The first-order valence-electron chi connectivity index (χ1n) is 10.7. The van der Waals surface area contributed by atoms with Gasteiger partial charge in [-0.1, -0.05) is 0 Å². The van der Waals surface area contributed by atoms with Crippen molar-refractivity contribution in [2.45, 2.75) is 12.2 Å². The minimum absolute atomic E-state index is 0.0504. The first-order valence-corrected chi connectivity index (χ1v) is 12.4. The number of carbonyl (C=O) groups excluding carboxylic acids is 2. The zero-order valence-corrected chi connectivity index (χ0v) is 19.8. The third-order valence-corrected chi connectivity index (χ3v) is 8.14. The number of methoxy groups -OCH3 is 1.